The van der Waals surface area contributed by atoms with Crippen LogP contribution in [0.3, 0.4) is 0 Å². The van der Waals surface area contributed by atoms with Gasteiger partial charge in [0, 0.05) is 29.0 Å². The third kappa shape index (κ3) is 12.2. The minimum absolute atomic E-state index is 0.00288. The lowest BCUT2D eigenvalue weighted by Gasteiger charge is -2.14. The Labute approximate surface area is 319 Å². The third-order valence-corrected chi connectivity index (χ3v) is 8.00. The van der Waals surface area contributed by atoms with Crippen LogP contribution in [0.4, 0.5) is 20.2 Å². The van der Waals surface area contributed by atoms with E-state index in [9.17, 15) is 23.2 Å². The molecule has 0 saturated heterocycles. The van der Waals surface area contributed by atoms with Crippen molar-refractivity contribution in [2.45, 2.75) is 59.4 Å². The molecule has 3 N–H and O–H groups in total. The number of ether oxygens (including phenoxy) is 3. The van der Waals surface area contributed by atoms with E-state index in [1.54, 1.807) is 12.1 Å². The second-order valence-corrected chi connectivity index (χ2v) is 13.9. The second-order valence-electron chi connectivity index (χ2n) is 12.2. The van der Waals surface area contributed by atoms with Gasteiger partial charge in [-0.05, 0) is 105 Å². The van der Waals surface area contributed by atoms with Gasteiger partial charge in [-0.2, -0.15) is 0 Å². The van der Waals surface area contributed by atoms with Gasteiger partial charge in [-0.25, -0.2) is 13.6 Å². The Morgan fingerprint density at radius 2 is 1.06 bits per heavy atom. The minimum atomic E-state index is -1.03. The monoisotopic (exact) mass is 795 g/mol. The Hall–Kier alpha value is -4.29. The highest BCUT2D eigenvalue weighted by atomic mass is 35.5. The van der Waals surface area contributed by atoms with E-state index in [1.807, 2.05) is 27.7 Å². The molecule has 4 rings (SSSR count). The number of anilines is 2. The predicted molar refractivity (Wildman–Crippen MR) is 199 cm³/mol. The molecule has 276 valence electrons. The summed E-state index contributed by atoms with van der Waals surface area (Å²) in [5.41, 5.74) is 2.57. The van der Waals surface area contributed by atoms with Gasteiger partial charge in [0.2, 0.25) is 0 Å². The molecule has 0 saturated carbocycles. The molecule has 0 aliphatic rings. The van der Waals surface area contributed by atoms with E-state index in [0.717, 1.165) is 0 Å². The number of carbonyl (C=O) groups excluding carboxylic acids is 3. The lowest BCUT2D eigenvalue weighted by atomic mass is 10.1. The third-order valence-electron chi connectivity index (χ3n) is 6.88. The molecule has 0 spiro atoms. The van der Waals surface area contributed by atoms with E-state index in [1.165, 1.54) is 48.5 Å². The highest BCUT2D eigenvalue weighted by Gasteiger charge is 2.19. The minimum Gasteiger partial charge on any atom is -0.486 e. The first-order valence-electron chi connectivity index (χ1n) is 15.9. The molecule has 0 fully saturated rings. The van der Waals surface area contributed by atoms with Crippen LogP contribution in [0, 0.1) is 11.6 Å². The van der Waals surface area contributed by atoms with Crippen LogP contribution < -0.4 is 25.4 Å². The summed E-state index contributed by atoms with van der Waals surface area (Å²) in [6.07, 6.45) is -0.370. The molecule has 4 aromatic carbocycles. The summed E-state index contributed by atoms with van der Waals surface area (Å²) >= 11 is 25.4. The number of amides is 1. The summed E-state index contributed by atoms with van der Waals surface area (Å²) in [5, 5.41) is 8.76. The molecule has 0 aliphatic heterocycles. The molecule has 0 unspecified atom stereocenters. The summed E-state index contributed by atoms with van der Waals surface area (Å²) in [6, 6.07) is 14.4. The van der Waals surface area contributed by atoms with Gasteiger partial charge in [0.1, 0.15) is 31.4 Å². The molecule has 4 aromatic rings. The summed E-state index contributed by atoms with van der Waals surface area (Å²) in [5.74, 6) is -3.37. The molecule has 52 heavy (non-hydrogen) atoms. The Balaban J connectivity index is 1.28. The van der Waals surface area contributed by atoms with Crippen molar-refractivity contribution in [3.05, 3.63) is 115 Å². The zero-order chi connectivity index (χ0) is 38.1. The fraction of sp³-hybridized carbons (Fsp3) is 0.270. The standard InChI is InChI=1S/C37H35Cl4F2N3O6/c1-19(2)45-27-7-22(5-25(42)14-27)17-50-35-29(38)9-21(10-30(35)39)11-33(47)52-34(48)16-44-37(49)24-12-31(40)36(32(41)13-24)51-18-23-6-26(43)15-28(8-23)46-20(3)4/h5-10,12-15,19-20,45-46H,11,16-18H2,1-4H3,(H,44,49). The van der Waals surface area contributed by atoms with Crippen molar-refractivity contribution >= 4 is 75.6 Å². The van der Waals surface area contributed by atoms with Gasteiger partial charge in [-0.3, -0.25) is 9.59 Å². The summed E-state index contributed by atoms with van der Waals surface area (Å²) in [6.45, 7) is 6.97. The highest BCUT2D eigenvalue weighted by molar-refractivity contribution is 6.38. The van der Waals surface area contributed by atoms with Gasteiger partial charge in [-0.1, -0.05) is 46.4 Å². The first kappa shape index (κ1) is 40.5. The molecule has 0 aliphatic carbocycles. The van der Waals surface area contributed by atoms with Crippen molar-refractivity contribution in [2.24, 2.45) is 0 Å². The molecule has 15 heteroatoms. The smallest absolute Gasteiger partial charge is 0.333 e. The molecule has 0 aromatic heterocycles. The summed E-state index contributed by atoms with van der Waals surface area (Å²) in [7, 11) is 0. The Morgan fingerprint density at radius 1 is 0.615 bits per heavy atom. The quantitative estimate of drug-likeness (QED) is 0.0806. The summed E-state index contributed by atoms with van der Waals surface area (Å²) in [4.78, 5) is 37.6. The maximum absolute atomic E-state index is 14.1. The largest absolute Gasteiger partial charge is 0.486 e. The van der Waals surface area contributed by atoms with Gasteiger partial charge in [-0.15, -0.1) is 0 Å². The van der Waals surface area contributed by atoms with Gasteiger partial charge >= 0.3 is 11.9 Å². The molecule has 0 radical (unpaired) electrons. The van der Waals surface area contributed by atoms with E-state index in [4.69, 9.17) is 60.6 Å². The van der Waals surface area contributed by atoms with E-state index < -0.39 is 36.0 Å². The van der Waals surface area contributed by atoms with Crippen molar-refractivity contribution in [2.75, 3.05) is 17.2 Å². The number of carbonyl (C=O) groups is 3. The lowest BCUT2D eigenvalue weighted by Crippen LogP contribution is -2.32. The highest BCUT2D eigenvalue weighted by Crippen LogP contribution is 2.36. The van der Waals surface area contributed by atoms with Crippen molar-refractivity contribution in [1.82, 2.24) is 5.32 Å². The average molecular weight is 798 g/mol. The Morgan fingerprint density at radius 3 is 1.50 bits per heavy atom. The van der Waals surface area contributed by atoms with Crippen LogP contribution in [0.5, 0.6) is 11.5 Å². The first-order valence-corrected chi connectivity index (χ1v) is 17.4. The predicted octanol–water partition coefficient (Wildman–Crippen LogP) is 9.42. The van der Waals surface area contributed by atoms with Gasteiger partial charge in [0.15, 0.2) is 11.5 Å². The fourth-order valence-electron chi connectivity index (χ4n) is 4.91. The van der Waals surface area contributed by atoms with Crippen LogP contribution in [-0.4, -0.2) is 36.5 Å². The van der Waals surface area contributed by atoms with Crippen molar-refractivity contribution in [3.8, 4) is 11.5 Å². The first-order chi connectivity index (χ1) is 24.6. The van der Waals surface area contributed by atoms with Crippen LogP contribution in [0.2, 0.25) is 20.1 Å². The maximum atomic E-state index is 14.1. The average Bonchev–Trinajstić information content (AvgIpc) is 3.01. The number of rotatable bonds is 15. The van der Waals surface area contributed by atoms with Crippen LogP contribution >= 0.6 is 46.4 Å². The maximum Gasteiger partial charge on any atom is 0.333 e. The van der Waals surface area contributed by atoms with Crippen LogP contribution in [-0.2, 0) is 34.0 Å². The van der Waals surface area contributed by atoms with E-state index in [2.05, 4.69) is 16.0 Å². The van der Waals surface area contributed by atoms with E-state index in [-0.39, 0.29) is 68.9 Å². The molecule has 9 nitrogen and oxygen atoms in total. The molecule has 0 heterocycles. The Bertz CT molecular complexity index is 1910. The van der Waals surface area contributed by atoms with Crippen LogP contribution in [0.15, 0.2) is 60.7 Å². The zero-order valence-electron chi connectivity index (χ0n) is 28.5. The van der Waals surface area contributed by atoms with Crippen molar-refractivity contribution < 1.29 is 37.4 Å². The van der Waals surface area contributed by atoms with Crippen LogP contribution in [0.25, 0.3) is 0 Å². The number of hydrogen-bond acceptors (Lipinski definition) is 8. The number of hydrogen-bond donors (Lipinski definition) is 3. The number of nitrogens with one attached hydrogen (secondary N) is 3. The SMILES string of the molecule is CC(C)Nc1cc(F)cc(COc2c(Cl)cc(CC(=O)OC(=O)CNC(=O)c3cc(Cl)c(OCc4cc(F)cc(NC(C)C)c4)c(Cl)c3)cc2Cl)c1. The topological polar surface area (TPSA) is 115 Å². The summed E-state index contributed by atoms with van der Waals surface area (Å²) < 4.78 is 44.5. The number of benzene rings is 4. The van der Waals surface area contributed by atoms with Crippen LogP contribution in [0.1, 0.15) is 54.7 Å². The van der Waals surface area contributed by atoms with E-state index in [0.29, 0.717) is 28.1 Å². The van der Waals surface area contributed by atoms with Crippen molar-refractivity contribution in [1.29, 1.82) is 0 Å². The zero-order valence-corrected chi connectivity index (χ0v) is 31.5. The lowest BCUT2D eigenvalue weighted by molar-refractivity contribution is -0.158. The molecular formula is C37H35Cl4F2N3O6. The molecule has 0 bridgehead atoms. The molecular weight excluding hydrogens is 762 g/mol. The second kappa shape index (κ2) is 18.5. The van der Waals surface area contributed by atoms with Crippen molar-refractivity contribution in [3.63, 3.8) is 0 Å². The molecule has 1 amide bonds. The fourth-order valence-corrected chi connectivity index (χ4v) is 6.15. The van der Waals surface area contributed by atoms with E-state index >= 15 is 0 Å². The van der Waals surface area contributed by atoms with Gasteiger partial charge in [0.05, 0.1) is 26.5 Å². The number of esters is 2. The normalized spacial score (nSPS) is 11.0. The van der Waals surface area contributed by atoms with Gasteiger partial charge in [0.25, 0.3) is 5.91 Å². The van der Waals surface area contributed by atoms with Gasteiger partial charge < -0.3 is 30.2 Å². The molecule has 0 atom stereocenters. The number of halogens is 6. The Kier molecular flexibility index (Phi) is 14.4.